The molecule has 1 fully saturated rings. The van der Waals surface area contributed by atoms with Crippen LogP contribution in [0.1, 0.15) is 56.9 Å². The quantitative estimate of drug-likeness (QED) is 0.704. The van der Waals surface area contributed by atoms with Gasteiger partial charge >= 0.3 is 0 Å². The third-order valence-corrected chi connectivity index (χ3v) is 4.26. The summed E-state index contributed by atoms with van der Waals surface area (Å²) in [4.78, 5) is 0. The van der Waals surface area contributed by atoms with Crippen molar-refractivity contribution in [3.63, 3.8) is 0 Å². The van der Waals surface area contributed by atoms with Gasteiger partial charge in [0.2, 0.25) is 0 Å². The second kappa shape index (κ2) is 7.58. The summed E-state index contributed by atoms with van der Waals surface area (Å²) in [6.45, 7) is 4.60. The lowest BCUT2D eigenvalue weighted by molar-refractivity contribution is 0.466. The average molecular weight is 245 g/mol. The van der Waals surface area contributed by atoms with Crippen LogP contribution in [0.3, 0.4) is 0 Å². The summed E-state index contributed by atoms with van der Waals surface area (Å²) in [5.41, 5.74) is 1.45. The van der Waals surface area contributed by atoms with E-state index in [-0.39, 0.29) is 0 Å². The van der Waals surface area contributed by atoms with Gasteiger partial charge in [-0.15, -0.1) is 0 Å². The molecule has 0 aliphatic heterocycles. The van der Waals surface area contributed by atoms with Crippen LogP contribution in [-0.2, 0) is 0 Å². The van der Waals surface area contributed by atoms with Gasteiger partial charge in [0.25, 0.3) is 0 Å². The molecule has 18 heavy (non-hydrogen) atoms. The van der Waals surface area contributed by atoms with Crippen LogP contribution in [0, 0.1) is 5.92 Å². The molecule has 0 aromatic heterocycles. The minimum Gasteiger partial charge on any atom is -0.316 e. The van der Waals surface area contributed by atoms with E-state index in [0.717, 1.165) is 12.5 Å². The van der Waals surface area contributed by atoms with Gasteiger partial charge in [0, 0.05) is 6.54 Å². The summed E-state index contributed by atoms with van der Waals surface area (Å²) >= 11 is 0. The van der Waals surface area contributed by atoms with Crippen molar-refractivity contribution in [1.29, 1.82) is 0 Å². The molecule has 0 spiro atoms. The van der Waals surface area contributed by atoms with Crippen molar-refractivity contribution < 1.29 is 0 Å². The third-order valence-electron chi connectivity index (χ3n) is 4.26. The summed E-state index contributed by atoms with van der Waals surface area (Å²) in [6.07, 6.45) is 8.71. The van der Waals surface area contributed by atoms with Crippen LogP contribution >= 0.6 is 0 Å². The minimum atomic E-state index is 0.623. The Bertz CT molecular complexity index is 314. The van der Waals surface area contributed by atoms with E-state index in [9.17, 15) is 0 Å². The van der Waals surface area contributed by atoms with Crippen LogP contribution in [0.5, 0.6) is 0 Å². The van der Waals surface area contributed by atoms with Gasteiger partial charge in [-0.05, 0) is 36.8 Å². The standard InChI is InChI=1S/C17H27N/c1-15(17-11-3-2-4-12-17)14-18-13-7-10-16-8-5-6-9-16/h2-4,11-12,15-16,18H,5-10,13-14H2,1H3. The molecule has 1 heteroatoms. The zero-order chi connectivity index (χ0) is 12.6. The number of benzene rings is 1. The molecule has 1 N–H and O–H groups in total. The maximum Gasteiger partial charge on any atom is 0.00174 e. The number of hydrogen-bond donors (Lipinski definition) is 1. The van der Waals surface area contributed by atoms with Gasteiger partial charge in [-0.1, -0.05) is 62.9 Å². The monoisotopic (exact) mass is 245 g/mol. The lowest BCUT2D eigenvalue weighted by Gasteiger charge is -2.14. The van der Waals surface area contributed by atoms with Crippen LogP contribution in [0.25, 0.3) is 0 Å². The van der Waals surface area contributed by atoms with Crippen LogP contribution in [0.2, 0.25) is 0 Å². The highest BCUT2D eigenvalue weighted by molar-refractivity contribution is 5.18. The summed E-state index contributed by atoms with van der Waals surface area (Å²) in [6, 6.07) is 10.8. The van der Waals surface area contributed by atoms with Gasteiger partial charge in [0.1, 0.15) is 0 Å². The highest BCUT2D eigenvalue weighted by Gasteiger charge is 2.13. The van der Waals surface area contributed by atoms with E-state index in [1.54, 1.807) is 0 Å². The first-order valence-electron chi connectivity index (χ1n) is 7.62. The normalized spacial score (nSPS) is 18.1. The Morgan fingerprint density at radius 2 is 1.89 bits per heavy atom. The Balaban J connectivity index is 1.55. The van der Waals surface area contributed by atoms with Gasteiger partial charge in [0.15, 0.2) is 0 Å². The Labute approximate surface area is 112 Å². The molecule has 1 saturated carbocycles. The second-order valence-electron chi connectivity index (χ2n) is 5.81. The van der Waals surface area contributed by atoms with Crippen molar-refractivity contribution in [2.24, 2.45) is 5.92 Å². The molecule has 1 nitrogen and oxygen atoms in total. The molecular formula is C17H27N. The first-order valence-corrected chi connectivity index (χ1v) is 7.62. The van der Waals surface area contributed by atoms with Crippen molar-refractivity contribution in [2.75, 3.05) is 13.1 Å². The molecule has 0 bridgehead atoms. The molecule has 1 aliphatic carbocycles. The first-order chi connectivity index (χ1) is 8.86. The molecule has 1 aliphatic rings. The van der Waals surface area contributed by atoms with Gasteiger partial charge in [-0.2, -0.15) is 0 Å². The highest BCUT2D eigenvalue weighted by Crippen LogP contribution is 2.28. The molecular weight excluding hydrogens is 218 g/mol. The highest BCUT2D eigenvalue weighted by atomic mass is 14.8. The van der Waals surface area contributed by atoms with Gasteiger partial charge in [-0.25, -0.2) is 0 Å². The van der Waals surface area contributed by atoms with E-state index < -0.39 is 0 Å². The maximum atomic E-state index is 3.61. The fourth-order valence-electron chi connectivity index (χ4n) is 3.03. The van der Waals surface area contributed by atoms with E-state index in [4.69, 9.17) is 0 Å². The minimum absolute atomic E-state index is 0.623. The zero-order valence-corrected chi connectivity index (χ0v) is 11.7. The fourth-order valence-corrected chi connectivity index (χ4v) is 3.03. The number of rotatable bonds is 7. The molecule has 1 aromatic carbocycles. The molecule has 0 heterocycles. The molecule has 1 unspecified atom stereocenters. The second-order valence-corrected chi connectivity index (χ2v) is 5.81. The summed E-state index contributed by atoms with van der Waals surface area (Å²) in [5, 5.41) is 3.61. The van der Waals surface area contributed by atoms with Crippen LogP contribution in [0.4, 0.5) is 0 Å². The Morgan fingerprint density at radius 3 is 2.61 bits per heavy atom. The van der Waals surface area contributed by atoms with Crippen LogP contribution in [-0.4, -0.2) is 13.1 Å². The SMILES string of the molecule is CC(CNCCCC1CCCC1)c1ccccc1. The van der Waals surface area contributed by atoms with Crippen LogP contribution < -0.4 is 5.32 Å². The van der Waals surface area contributed by atoms with E-state index in [0.29, 0.717) is 5.92 Å². The summed E-state index contributed by atoms with van der Waals surface area (Å²) in [7, 11) is 0. The maximum absolute atomic E-state index is 3.61. The fraction of sp³-hybridized carbons (Fsp3) is 0.647. The number of hydrogen-bond acceptors (Lipinski definition) is 1. The Kier molecular flexibility index (Phi) is 5.73. The number of nitrogens with one attached hydrogen (secondary N) is 1. The molecule has 0 amide bonds. The van der Waals surface area contributed by atoms with Crippen molar-refractivity contribution in [3.8, 4) is 0 Å². The van der Waals surface area contributed by atoms with Gasteiger partial charge < -0.3 is 5.32 Å². The van der Waals surface area contributed by atoms with Crippen molar-refractivity contribution in [2.45, 2.75) is 51.4 Å². The molecule has 0 radical (unpaired) electrons. The van der Waals surface area contributed by atoms with E-state index in [2.05, 4.69) is 42.6 Å². The van der Waals surface area contributed by atoms with E-state index >= 15 is 0 Å². The van der Waals surface area contributed by atoms with Crippen molar-refractivity contribution >= 4 is 0 Å². The molecule has 1 aromatic rings. The van der Waals surface area contributed by atoms with Gasteiger partial charge in [0.05, 0.1) is 0 Å². The first kappa shape index (κ1) is 13.6. The topological polar surface area (TPSA) is 12.0 Å². The molecule has 1 atom stereocenters. The van der Waals surface area contributed by atoms with Gasteiger partial charge in [-0.3, -0.25) is 0 Å². The predicted octanol–water partition coefficient (Wildman–Crippen LogP) is 4.35. The lowest BCUT2D eigenvalue weighted by Crippen LogP contribution is -2.21. The van der Waals surface area contributed by atoms with Crippen molar-refractivity contribution in [3.05, 3.63) is 35.9 Å². The summed E-state index contributed by atoms with van der Waals surface area (Å²) < 4.78 is 0. The molecule has 2 rings (SSSR count). The Morgan fingerprint density at radius 1 is 1.17 bits per heavy atom. The largest absolute Gasteiger partial charge is 0.316 e. The summed E-state index contributed by atoms with van der Waals surface area (Å²) in [5.74, 6) is 1.66. The zero-order valence-electron chi connectivity index (χ0n) is 11.7. The Hall–Kier alpha value is -0.820. The molecule has 100 valence electrons. The van der Waals surface area contributed by atoms with Crippen molar-refractivity contribution in [1.82, 2.24) is 5.32 Å². The lowest BCUT2D eigenvalue weighted by atomic mass is 10.0. The predicted molar refractivity (Wildman–Crippen MR) is 78.9 cm³/mol. The van der Waals surface area contributed by atoms with E-state index in [1.807, 2.05) is 0 Å². The smallest absolute Gasteiger partial charge is 0.00174 e. The molecule has 0 saturated heterocycles. The average Bonchev–Trinajstić information content (AvgIpc) is 2.92. The van der Waals surface area contributed by atoms with E-state index in [1.165, 1.54) is 50.6 Å². The third kappa shape index (κ3) is 4.45. The van der Waals surface area contributed by atoms with Crippen LogP contribution in [0.15, 0.2) is 30.3 Å².